The number of carbonyl (C=O) groups is 1. The molecule has 1 amide bonds. The van der Waals surface area contributed by atoms with Crippen molar-refractivity contribution < 1.29 is 9.18 Å². The first kappa shape index (κ1) is 25.2. The third-order valence-electron chi connectivity index (χ3n) is 5.64. The molecule has 8 nitrogen and oxygen atoms in total. The van der Waals surface area contributed by atoms with Crippen LogP contribution in [0.1, 0.15) is 25.3 Å². The maximum absolute atomic E-state index is 13.3. The van der Waals surface area contributed by atoms with Crippen molar-refractivity contribution in [3.05, 3.63) is 49.4 Å². The Morgan fingerprint density at radius 3 is 2.76 bits per heavy atom. The third kappa shape index (κ3) is 6.31. The smallest absolute Gasteiger partial charge is 0.270 e. The Hall–Kier alpha value is -3.47. The molecule has 0 atom stereocenters. The first-order valence-corrected chi connectivity index (χ1v) is 12.0. The molecule has 3 rings (SSSR count). The normalized spacial score (nSPS) is 15.9. The molecule has 1 fully saturated rings. The van der Waals surface area contributed by atoms with Crippen molar-refractivity contribution in [2.24, 2.45) is 0 Å². The lowest BCUT2D eigenvalue weighted by Gasteiger charge is -2.28. The molecular formula is C24H27FN6O2S. The van der Waals surface area contributed by atoms with E-state index in [9.17, 15) is 19.2 Å². The van der Waals surface area contributed by atoms with Gasteiger partial charge in [-0.25, -0.2) is 4.39 Å². The van der Waals surface area contributed by atoms with Gasteiger partial charge in [0.25, 0.3) is 11.5 Å². The van der Waals surface area contributed by atoms with Crippen LogP contribution in [0.2, 0.25) is 0 Å². The molecule has 0 saturated carbocycles. The van der Waals surface area contributed by atoms with Crippen molar-refractivity contribution in [2.45, 2.75) is 38.9 Å². The fourth-order valence-electron chi connectivity index (χ4n) is 3.77. The largest absolute Gasteiger partial charge is 0.360 e. The summed E-state index contributed by atoms with van der Waals surface area (Å²) in [5.74, 6) is -0.685. The highest BCUT2D eigenvalue weighted by Gasteiger charge is 2.18. The number of rotatable bonds is 8. The Bertz CT molecular complexity index is 1280. The fourth-order valence-corrected chi connectivity index (χ4v) is 4.86. The first-order valence-electron chi connectivity index (χ1n) is 11.2. The van der Waals surface area contributed by atoms with Crippen LogP contribution in [0.3, 0.4) is 0 Å². The maximum Gasteiger partial charge on any atom is 0.270 e. The average molecular weight is 483 g/mol. The van der Waals surface area contributed by atoms with Gasteiger partial charge in [-0.1, -0.05) is 12.1 Å². The Morgan fingerprint density at radius 2 is 2.09 bits per heavy atom. The zero-order valence-electron chi connectivity index (χ0n) is 19.0. The fraction of sp³-hybridized carbons (Fsp3) is 0.417. The standard InChI is InChI=1S/C24H27FN6O2S/c1-2-31-23(33)21(34-24(31)20(15-27)22(32)28-10-9-26)16-29-19-5-3-4-17(14-19)6-11-30-12-7-18(25)8-13-30/h3-5,14,16,18,29H,2,6-8,10-13H2,1H3,(H,28,32). The molecule has 0 aliphatic carbocycles. The second-order valence-electron chi connectivity index (χ2n) is 7.90. The zero-order valence-corrected chi connectivity index (χ0v) is 19.8. The first-order chi connectivity index (χ1) is 16.5. The number of carbonyl (C=O) groups excluding carboxylic acids is 1. The SMILES string of the molecule is CCn1c(=C(C#N)C(=O)NCC#N)sc(=CNc2cccc(CCN3CCC(F)CC3)c2)c1=O. The van der Waals surface area contributed by atoms with E-state index in [1.165, 1.54) is 4.57 Å². The van der Waals surface area contributed by atoms with E-state index in [0.717, 1.165) is 48.6 Å². The predicted octanol–water partition coefficient (Wildman–Crippen LogP) is 1.07. The summed E-state index contributed by atoms with van der Waals surface area (Å²) in [6, 6.07) is 11.5. The van der Waals surface area contributed by atoms with Crippen LogP contribution in [0.15, 0.2) is 29.1 Å². The molecule has 1 aliphatic heterocycles. The number of hydrogen-bond donors (Lipinski definition) is 2. The van der Waals surface area contributed by atoms with Crippen LogP contribution >= 0.6 is 11.3 Å². The van der Waals surface area contributed by atoms with E-state index in [2.05, 4.69) is 15.5 Å². The van der Waals surface area contributed by atoms with Crippen LogP contribution < -0.4 is 25.4 Å². The van der Waals surface area contributed by atoms with Crippen LogP contribution in [0, 0.1) is 22.7 Å². The summed E-state index contributed by atoms with van der Waals surface area (Å²) >= 11 is 1.05. The van der Waals surface area contributed by atoms with E-state index in [-0.39, 0.29) is 22.3 Å². The number of piperidine rings is 1. The Morgan fingerprint density at radius 1 is 1.32 bits per heavy atom. The minimum Gasteiger partial charge on any atom is -0.360 e. The van der Waals surface area contributed by atoms with Gasteiger partial charge in [-0.05, 0) is 43.9 Å². The molecule has 2 aromatic rings. The molecule has 2 heterocycles. The van der Waals surface area contributed by atoms with Crippen molar-refractivity contribution in [1.29, 1.82) is 10.5 Å². The Kier molecular flexibility index (Phi) is 8.97. The second-order valence-corrected chi connectivity index (χ2v) is 8.93. The quantitative estimate of drug-likeness (QED) is 0.544. The van der Waals surface area contributed by atoms with Crippen molar-refractivity contribution >= 4 is 34.7 Å². The number of amides is 1. The summed E-state index contributed by atoms with van der Waals surface area (Å²) in [6.45, 7) is 4.27. The van der Waals surface area contributed by atoms with Gasteiger partial charge in [-0.2, -0.15) is 10.5 Å². The molecule has 34 heavy (non-hydrogen) atoms. The lowest BCUT2D eigenvalue weighted by molar-refractivity contribution is -0.115. The van der Waals surface area contributed by atoms with Gasteiger partial charge in [0.15, 0.2) is 5.57 Å². The lowest BCUT2D eigenvalue weighted by atomic mass is 10.1. The second kappa shape index (κ2) is 12.1. The molecule has 0 radical (unpaired) electrons. The molecule has 0 spiro atoms. The van der Waals surface area contributed by atoms with Gasteiger partial charge in [0.05, 0.1) is 6.07 Å². The maximum atomic E-state index is 13.3. The van der Waals surface area contributed by atoms with Crippen LogP contribution in [0.4, 0.5) is 10.1 Å². The van der Waals surface area contributed by atoms with E-state index in [1.807, 2.05) is 30.3 Å². The molecule has 1 aromatic carbocycles. The number of likely N-dealkylation sites (tertiary alicyclic amines) is 1. The van der Waals surface area contributed by atoms with Gasteiger partial charge in [0.2, 0.25) is 0 Å². The summed E-state index contributed by atoms with van der Waals surface area (Å²) in [5, 5.41) is 23.6. The van der Waals surface area contributed by atoms with Crippen LogP contribution in [-0.2, 0) is 17.8 Å². The summed E-state index contributed by atoms with van der Waals surface area (Å²) in [6.07, 6.45) is 2.94. The van der Waals surface area contributed by atoms with E-state index >= 15 is 0 Å². The number of aromatic nitrogens is 1. The van der Waals surface area contributed by atoms with Gasteiger partial charge in [-0.3, -0.25) is 14.2 Å². The summed E-state index contributed by atoms with van der Waals surface area (Å²) in [4.78, 5) is 27.4. The number of nitrogens with one attached hydrogen (secondary N) is 2. The zero-order chi connectivity index (χ0) is 24.5. The number of benzene rings is 1. The predicted molar refractivity (Wildman–Crippen MR) is 130 cm³/mol. The van der Waals surface area contributed by atoms with Crippen molar-refractivity contribution in [3.63, 3.8) is 0 Å². The highest BCUT2D eigenvalue weighted by Crippen LogP contribution is 2.15. The van der Waals surface area contributed by atoms with Crippen LogP contribution in [-0.4, -0.2) is 47.7 Å². The molecule has 2 N–H and O–H groups in total. The summed E-state index contributed by atoms with van der Waals surface area (Å²) in [7, 11) is 0. The van der Waals surface area contributed by atoms with Crippen molar-refractivity contribution in [2.75, 3.05) is 31.5 Å². The number of anilines is 1. The van der Waals surface area contributed by atoms with Crippen molar-refractivity contribution in [1.82, 2.24) is 14.8 Å². The molecule has 10 heteroatoms. The lowest BCUT2D eigenvalue weighted by Crippen LogP contribution is -2.35. The minimum atomic E-state index is -0.685. The van der Waals surface area contributed by atoms with Gasteiger partial charge < -0.3 is 15.5 Å². The summed E-state index contributed by atoms with van der Waals surface area (Å²) < 4.78 is 15.3. The van der Waals surface area contributed by atoms with E-state index in [0.29, 0.717) is 23.9 Å². The monoisotopic (exact) mass is 482 g/mol. The molecule has 0 unspecified atom stereocenters. The molecular weight excluding hydrogens is 455 g/mol. The van der Waals surface area contributed by atoms with Crippen molar-refractivity contribution in [3.8, 4) is 12.1 Å². The third-order valence-corrected chi connectivity index (χ3v) is 6.77. The van der Waals surface area contributed by atoms with Gasteiger partial charge in [0, 0.05) is 38.1 Å². The topological polar surface area (TPSA) is 114 Å². The molecule has 1 aromatic heterocycles. The van der Waals surface area contributed by atoms with Crippen LogP contribution in [0.25, 0.3) is 11.8 Å². The van der Waals surface area contributed by atoms with Crippen LogP contribution in [0.5, 0.6) is 0 Å². The van der Waals surface area contributed by atoms with Gasteiger partial charge in [0.1, 0.15) is 28.0 Å². The summed E-state index contributed by atoms with van der Waals surface area (Å²) in [5.41, 5.74) is 1.45. The molecule has 178 valence electrons. The number of hydrogen-bond acceptors (Lipinski definition) is 7. The number of alkyl halides is 1. The number of nitriles is 2. The van der Waals surface area contributed by atoms with E-state index in [4.69, 9.17) is 5.26 Å². The number of thiazole rings is 1. The number of nitrogens with zero attached hydrogens (tertiary/aromatic N) is 4. The number of halogens is 1. The Labute approximate surface area is 201 Å². The van der Waals surface area contributed by atoms with E-state index < -0.39 is 12.1 Å². The highest BCUT2D eigenvalue weighted by atomic mass is 32.1. The molecule has 1 aliphatic rings. The van der Waals surface area contributed by atoms with Gasteiger partial charge in [-0.15, -0.1) is 11.3 Å². The Balaban J connectivity index is 1.79. The average Bonchev–Trinajstić information content (AvgIpc) is 3.16. The van der Waals surface area contributed by atoms with E-state index in [1.54, 1.807) is 19.2 Å². The molecule has 0 bridgehead atoms. The highest BCUT2D eigenvalue weighted by molar-refractivity contribution is 7.07. The van der Waals surface area contributed by atoms with Gasteiger partial charge >= 0.3 is 0 Å². The minimum absolute atomic E-state index is 0.197. The molecule has 1 saturated heterocycles.